The van der Waals surface area contributed by atoms with Crippen LogP contribution in [0.4, 0.5) is 0 Å². The fourth-order valence-electron chi connectivity index (χ4n) is 2.70. The van der Waals surface area contributed by atoms with Crippen molar-refractivity contribution in [3.05, 3.63) is 0 Å². The van der Waals surface area contributed by atoms with Crippen LogP contribution in [-0.4, -0.2) is 42.9 Å². The quantitative estimate of drug-likeness (QED) is 0.602. The Bertz CT molecular complexity index is 187. The van der Waals surface area contributed by atoms with Crippen LogP contribution in [0.5, 0.6) is 0 Å². The molecule has 1 spiro atoms. The standard InChI is InChI=1S/C10H18N2O/c1-2-10(13-7-1)3-5-12(6-4-10)9-8-11-9/h9,11H,1-8H2. The number of piperidine rings is 1. The molecule has 3 fully saturated rings. The Morgan fingerprint density at radius 2 is 2.00 bits per heavy atom. The van der Waals surface area contributed by atoms with Gasteiger partial charge in [-0.15, -0.1) is 0 Å². The van der Waals surface area contributed by atoms with Crippen molar-refractivity contribution in [2.75, 3.05) is 26.2 Å². The molecule has 0 aromatic rings. The average Bonchev–Trinajstić information content (AvgIpc) is 2.91. The highest BCUT2D eigenvalue weighted by Gasteiger charge is 2.41. The van der Waals surface area contributed by atoms with E-state index in [9.17, 15) is 0 Å². The van der Waals surface area contributed by atoms with Crippen LogP contribution >= 0.6 is 0 Å². The van der Waals surface area contributed by atoms with Crippen LogP contribution in [0.3, 0.4) is 0 Å². The number of hydrogen-bond acceptors (Lipinski definition) is 3. The summed E-state index contributed by atoms with van der Waals surface area (Å²) in [5.74, 6) is 0. The minimum Gasteiger partial charge on any atom is -0.375 e. The Kier molecular flexibility index (Phi) is 1.86. The van der Waals surface area contributed by atoms with Crippen LogP contribution < -0.4 is 5.32 Å². The monoisotopic (exact) mass is 182 g/mol. The highest BCUT2D eigenvalue weighted by Crippen LogP contribution is 2.36. The molecule has 3 saturated heterocycles. The van der Waals surface area contributed by atoms with Gasteiger partial charge in [0.25, 0.3) is 0 Å². The molecular weight excluding hydrogens is 164 g/mol. The summed E-state index contributed by atoms with van der Waals surface area (Å²) in [7, 11) is 0. The molecule has 0 amide bonds. The van der Waals surface area contributed by atoms with Gasteiger partial charge in [-0.25, -0.2) is 0 Å². The summed E-state index contributed by atoms with van der Waals surface area (Å²) >= 11 is 0. The third kappa shape index (κ3) is 1.49. The van der Waals surface area contributed by atoms with E-state index in [-0.39, 0.29) is 0 Å². The lowest BCUT2D eigenvalue weighted by molar-refractivity contribution is -0.0449. The van der Waals surface area contributed by atoms with Crippen LogP contribution in [0.15, 0.2) is 0 Å². The predicted molar refractivity (Wildman–Crippen MR) is 50.5 cm³/mol. The molecule has 0 bridgehead atoms. The highest BCUT2D eigenvalue weighted by atomic mass is 16.5. The van der Waals surface area contributed by atoms with E-state index in [0.29, 0.717) is 11.8 Å². The molecule has 3 heterocycles. The first-order valence-corrected chi connectivity index (χ1v) is 5.49. The summed E-state index contributed by atoms with van der Waals surface area (Å²) in [4.78, 5) is 2.56. The molecule has 0 aliphatic carbocycles. The van der Waals surface area contributed by atoms with Gasteiger partial charge in [-0.1, -0.05) is 0 Å². The average molecular weight is 182 g/mol. The Balaban J connectivity index is 1.59. The first kappa shape index (κ1) is 8.21. The second-order valence-electron chi connectivity index (χ2n) is 4.60. The maximum atomic E-state index is 5.88. The molecule has 0 aromatic carbocycles. The molecule has 3 aliphatic rings. The second kappa shape index (κ2) is 2.94. The first-order valence-electron chi connectivity index (χ1n) is 5.49. The number of likely N-dealkylation sites (tertiary alicyclic amines) is 1. The minimum atomic E-state index is 0.297. The summed E-state index contributed by atoms with van der Waals surface area (Å²) in [6, 6.07) is 0. The number of nitrogens with one attached hydrogen (secondary N) is 1. The molecule has 0 aromatic heterocycles. The molecule has 13 heavy (non-hydrogen) atoms. The van der Waals surface area contributed by atoms with E-state index < -0.39 is 0 Å². The first-order chi connectivity index (χ1) is 6.38. The van der Waals surface area contributed by atoms with Gasteiger partial charge in [0.15, 0.2) is 0 Å². The van der Waals surface area contributed by atoms with Crippen LogP contribution in [0.2, 0.25) is 0 Å². The predicted octanol–water partition coefficient (Wildman–Crippen LogP) is 0.561. The van der Waals surface area contributed by atoms with E-state index in [0.717, 1.165) is 6.61 Å². The van der Waals surface area contributed by atoms with E-state index >= 15 is 0 Å². The molecule has 3 nitrogen and oxygen atoms in total. The molecule has 1 N–H and O–H groups in total. The molecule has 1 atom stereocenters. The largest absolute Gasteiger partial charge is 0.375 e. The fraction of sp³-hybridized carbons (Fsp3) is 1.00. The van der Waals surface area contributed by atoms with Crippen LogP contribution in [0, 0.1) is 0 Å². The lowest BCUT2D eigenvalue weighted by atomic mass is 9.89. The molecule has 0 saturated carbocycles. The van der Waals surface area contributed by atoms with Crippen molar-refractivity contribution in [2.45, 2.75) is 37.5 Å². The van der Waals surface area contributed by atoms with Crippen molar-refractivity contribution in [1.82, 2.24) is 10.2 Å². The highest BCUT2D eigenvalue weighted by molar-refractivity contribution is 4.94. The third-order valence-electron chi connectivity index (χ3n) is 3.72. The van der Waals surface area contributed by atoms with E-state index in [1.807, 2.05) is 0 Å². The topological polar surface area (TPSA) is 34.4 Å². The lowest BCUT2D eigenvalue weighted by Gasteiger charge is -2.38. The van der Waals surface area contributed by atoms with Crippen LogP contribution in [-0.2, 0) is 4.74 Å². The zero-order chi connectivity index (χ0) is 8.73. The van der Waals surface area contributed by atoms with Gasteiger partial charge in [-0.3, -0.25) is 10.2 Å². The van der Waals surface area contributed by atoms with Crippen molar-refractivity contribution in [3.63, 3.8) is 0 Å². The van der Waals surface area contributed by atoms with Crippen LogP contribution in [0.1, 0.15) is 25.7 Å². The van der Waals surface area contributed by atoms with Crippen molar-refractivity contribution < 1.29 is 4.74 Å². The molecule has 3 heteroatoms. The van der Waals surface area contributed by atoms with Gasteiger partial charge in [0.05, 0.1) is 11.8 Å². The molecule has 3 aliphatic heterocycles. The van der Waals surface area contributed by atoms with Gasteiger partial charge >= 0.3 is 0 Å². The second-order valence-corrected chi connectivity index (χ2v) is 4.60. The van der Waals surface area contributed by atoms with Gasteiger partial charge in [0.2, 0.25) is 0 Å². The van der Waals surface area contributed by atoms with Crippen molar-refractivity contribution >= 4 is 0 Å². The van der Waals surface area contributed by atoms with Crippen molar-refractivity contribution in [3.8, 4) is 0 Å². The third-order valence-corrected chi connectivity index (χ3v) is 3.72. The zero-order valence-corrected chi connectivity index (χ0v) is 8.09. The van der Waals surface area contributed by atoms with Crippen molar-refractivity contribution in [1.29, 1.82) is 0 Å². The maximum absolute atomic E-state index is 5.88. The SMILES string of the molecule is C1COC2(C1)CCN(C1CN1)CC2. The molecular formula is C10H18N2O. The number of ether oxygens (including phenoxy) is 1. The molecule has 3 rings (SSSR count). The normalized spacial score (nSPS) is 38.3. The van der Waals surface area contributed by atoms with Gasteiger partial charge in [0, 0.05) is 26.2 Å². The number of nitrogens with zero attached hydrogens (tertiary/aromatic N) is 1. The molecule has 1 unspecified atom stereocenters. The Labute approximate surface area is 79.4 Å². The summed E-state index contributed by atoms with van der Waals surface area (Å²) < 4.78 is 5.88. The summed E-state index contributed by atoms with van der Waals surface area (Å²) in [6.07, 6.45) is 5.80. The fourth-order valence-corrected chi connectivity index (χ4v) is 2.70. The molecule has 74 valence electrons. The van der Waals surface area contributed by atoms with E-state index in [1.165, 1.54) is 45.3 Å². The summed E-state index contributed by atoms with van der Waals surface area (Å²) in [6.45, 7) is 4.67. The van der Waals surface area contributed by atoms with Crippen molar-refractivity contribution in [2.24, 2.45) is 0 Å². The molecule has 0 radical (unpaired) electrons. The van der Waals surface area contributed by atoms with E-state index in [2.05, 4.69) is 10.2 Å². The van der Waals surface area contributed by atoms with E-state index in [1.54, 1.807) is 0 Å². The maximum Gasteiger partial charge on any atom is 0.0727 e. The van der Waals surface area contributed by atoms with Gasteiger partial charge in [-0.2, -0.15) is 0 Å². The van der Waals surface area contributed by atoms with Gasteiger partial charge in [-0.05, 0) is 25.7 Å². The van der Waals surface area contributed by atoms with E-state index in [4.69, 9.17) is 4.74 Å². The summed E-state index contributed by atoms with van der Waals surface area (Å²) in [5, 5.41) is 3.37. The minimum absolute atomic E-state index is 0.297. The lowest BCUT2D eigenvalue weighted by Crippen LogP contribution is -2.45. The Morgan fingerprint density at radius 1 is 1.23 bits per heavy atom. The smallest absolute Gasteiger partial charge is 0.0727 e. The van der Waals surface area contributed by atoms with Gasteiger partial charge in [0.1, 0.15) is 0 Å². The summed E-state index contributed by atoms with van der Waals surface area (Å²) in [5.41, 5.74) is 0.297. The Morgan fingerprint density at radius 3 is 2.54 bits per heavy atom. The van der Waals surface area contributed by atoms with Gasteiger partial charge < -0.3 is 4.74 Å². The number of hydrogen-bond donors (Lipinski definition) is 1. The number of rotatable bonds is 1. The zero-order valence-electron chi connectivity index (χ0n) is 8.09. The Hall–Kier alpha value is -0.120. The van der Waals surface area contributed by atoms with Crippen LogP contribution in [0.25, 0.3) is 0 Å².